The number of hydrogen-bond donors (Lipinski definition) is 0. The Kier molecular flexibility index (Phi) is 3.27. The molecule has 0 radical (unpaired) electrons. The lowest BCUT2D eigenvalue weighted by molar-refractivity contribution is -0.143. The number of alkyl halides is 4. The van der Waals surface area contributed by atoms with Crippen LogP contribution in [0, 0.1) is 5.41 Å². The molecule has 1 saturated heterocycles. The normalized spacial score (nSPS) is 21.1. The average molecular weight is 252 g/mol. The molecule has 0 unspecified atom stereocenters. The van der Waals surface area contributed by atoms with Gasteiger partial charge in [0, 0.05) is 0 Å². The van der Waals surface area contributed by atoms with E-state index in [2.05, 4.69) is 8.92 Å². The monoisotopic (exact) mass is 252 g/mol. The lowest BCUT2D eigenvalue weighted by Crippen LogP contribution is -2.49. The van der Waals surface area contributed by atoms with Crippen LogP contribution in [0.5, 0.6) is 0 Å². The molecule has 90 valence electrons. The van der Waals surface area contributed by atoms with Gasteiger partial charge in [0.2, 0.25) is 0 Å². The summed E-state index contributed by atoms with van der Waals surface area (Å²) in [4.78, 5) is 0. The molecule has 1 aliphatic rings. The Morgan fingerprint density at radius 3 is 2.13 bits per heavy atom. The highest BCUT2D eigenvalue weighted by molar-refractivity contribution is 7.87. The Morgan fingerprint density at radius 2 is 1.87 bits per heavy atom. The van der Waals surface area contributed by atoms with Crippen LogP contribution in [-0.4, -0.2) is 40.4 Å². The molecule has 0 atom stereocenters. The van der Waals surface area contributed by atoms with Gasteiger partial charge in [-0.25, -0.2) is 0 Å². The number of hydrogen-bond acceptors (Lipinski definition) is 4. The van der Waals surface area contributed by atoms with E-state index >= 15 is 0 Å². The number of halogens is 4. The molecule has 0 saturated carbocycles. The van der Waals surface area contributed by atoms with Gasteiger partial charge in [-0.05, 0) is 0 Å². The smallest absolute Gasteiger partial charge is 0.380 e. The molecule has 4 nitrogen and oxygen atoms in total. The molecule has 0 aromatic carbocycles. The van der Waals surface area contributed by atoms with E-state index in [1.54, 1.807) is 0 Å². The summed E-state index contributed by atoms with van der Waals surface area (Å²) in [5, 5.41) is 0. The molecule has 1 rings (SSSR count). The highest BCUT2D eigenvalue weighted by atomic mass is 32.2. The maximum absolute atomic E-state index is 12.3. The molecule has 0 aromatic heterocycles. The van der Waals surface area contributed by atoms with E-state index in [9.17, 15) is 26.0 Å². The standard InChI is InChI=1S/C6H8F4O4S/c7-1-5(2-13-3-5)4-14-15(11,12)6(8,9)10/h1-4H2. The minimum Gasteiger partial charge on any atom is -0.380 e. The zero-order valence-electron chi connectivity index (χ0n) is 7.38. The molecular weight excluding hydrogens is 244 g/mol. The molecule has 1 fully saturated rings. The Morgan fingerprint density at radius 1 is 1.33 bits per heavy atom. The van der Waals surface area contributed by atoms with Crippen molar-refractivity contribution in [3.05, 3.63) is 0 Å². The molecule has 0 aromatic rings. The van der Waals surface area contributed by atoms with Gasteiger partial charge in [0.05, 0.1) is 25.2 Å². The molecule has 1 aliphatic heterocycles. The van der Waals surface area contributed by atoms with Crippen LogP contribution in [-0.2, 0) is 19.0 Å². The van der Waals surface area contributed by atoms with Gasteiger partial charge in [-0.1, -0.05) is 0 Å². The van der Waals surface area contributed by atoms with Gasteiger partial charge in [0.1, 0.15) is 6.67 Å². The summed E-state index contributed by atoms with van der Waals surface area (Å²) in [5.74, 6) is 0. The van der Waals surface area contributed by atoms with Crippen molar-refractivity contribution in [2.75, 3.05) is 26.5 Å². The molecule has 9 heteroatoms. The van der Waals surface area contributed by atoms with E-state index in [1.165, 1.54) is 0 Å². The molecule has 15 heavy (non-hydrogen) atoms. The summed E-state index contributed by atoms with van der Waals surface area (Å²) in [6.45, 7) is -2.13. The average Bonchev–Trinajstić information content (AvgIpc) is 2.00. The van der Waals surface area contributed by atoms with Crippen LogP contribution in [0.15, 0.2) is 0 Å². The highest BCUT2D eigenvalue weighted by Gasteiger charge is 2.50. The van der Waals surface area contributed by atoms with E-state index in [4.69, 9.17) is 0 Å². The van der Waals surface area contributed by atoms with Gasteiger partial charge >= 0.3 is 15.6 Å². The lowest BCUT2D eigenvalue weighted by Gasteiger charge is -2.38. The summed E-state index contributed by atoms with van der Waals surface area (Å²) in [6, 6.07) is 0. The van der Waals surface area contributed by atoms with Crippen molar-refractivity contribution in [1.29, 1.82) is 0 Å². The first-order valence-electron chi connectivity index (χ1n) is 3.82. The second kappa shape index (κ2) is 3.87. The van der Waals surface area contributed by atoms with E-state index in [0.29, 0.717) is 0 Å². The first kappa shape index (κ1) is 12.7. The van der Waals surface area contributed by atoms with Crippen molar-refractivity contribution in [2.45, 2.75) is 5.51 Å². The second-order valence-electron chi connectivity index (χ2n) is 3.29. The Hall–Kier alpha value is -0.410. The van der Waals surface area contributed by atoms with Crippen LogP contribution in [0.4, 0.5) is 17.6 Å². The van der Waals surface area contributed by atoms with E-state index in [-0.39, 0.29) is 13.2 Å². The van der Waals surface area contributed by atoms with Crippen molar-refractivity contribution in [2.24, 2.45) is 5.41 Å². The molecule has 0 bridgehead atoms. The molecular formula is C6H8F4O4S. The SMILES string of the molecule is O=S(=O)(OCC1(CF)COC1)C(F)(F)F. The van der Waals surface area contributed by atoms with Crippen molar-refractivity contribution in [3.63, 3.8) is 0 Å². The lowest BCUT2D eigenvalue weighted by atomic mass is 9.89. The molecule has 0 N–H and O–H groups in total. The summed E-state index contributed by atoms with van der Waals surface area (Å²) in [7, 11) is -5.64. The topological polar surface area (TPSA) is 52.6 Å². The molecule has 0 spiro atoms. The maximum Gasteiger partial charge on any atom is 0.523 e. The fourth-order valence-corrected chi connectivity index (χ4v) is 1.40. The Bertz CT molecular complexity index is 313. The van der Waals surface area contributed by atoms with E-state index in [0.717, 1.165) is 0 Å². The second-order valence-corrected chi connectivity index (χ2v) is 4.90. The summed E-state index contributed by atoms with van der Waals surface area (Å²) >= 11 is 0. The van der Waals surface area contributed by atoms with E-state index < -0.39 is 34.3 Å². The molecule has 0 amide bonds. The van der Waals surface area contributed by atoms with Gasteiger partial charge in [-0.3, -0.25) is 8.57 Å². The zero-order chi connectivity index (χ0) is 11.7. The van der Waals surface area contributed by atoms with Crippen molar-refractivity contribution in [3.8, 4) is 0 Å². The molecule has 1 heterocycles. The van der Waals surface area contributed by atoms with Crippen molar-refractivity contribution in [1.82, 2.24) is 0 Å². The van der Waals surface area contributed by atoms with Crippen molar-refractivity contribution < 1.29 is 34.9 Å². The zero-order valence-corrected chi connectivity index (χ0v) is 8.20. The van der Waals surface area contributed by atoms with Crippen LogP contribution < -0.4 is 0 Å². The quantitative estimate of drug-likeness (QED) is 0.422. The fourth-order valence-electron chi connectivity index (χ4n) is 0.859. The van der Waals surface area contributed by atoms with Crippen LogP contribution in [0.3, 0.4) is 0 Å². The maximum atomic E-state index is 12.3. The number of rotatable bonds is 4. The van der Waals surface area contributed by atoms with Crippen LogP contribution in [0.25, 0.3) is 0 Å². The fraction of sp³-hybridized carbons (Fsp3) is 1.00. The first-order valence-corrected chi connectivity index (χ1v) is 5.23. The van der Waals surface area contributed by atoms with Crippen LogP contribution >= 0.6 is 0 Å². The van der Waals surface area contributed by atoms with Crippen LogP contribution in [0.2, 0.25) is 0 Å². The number of ether oxygens (including phenoxy) is 1. The Balaban J connectivity index is 2.57. The minimum absolute atomic E-state index is 0.142. The van der Waals surface area contributed by atoms with Crippen LogP contribution in [0.1, 0.15) is 0 Å². The summed E-state index contributed by atoms with van der Waals surface area (Å²) < 4.78 is 76.9. The third kappa shape index (κ3) is 2.58. The third-order valence-electron chi connectivity index (χ3n) is 1.90. The largest absolute Gasteiger partial charge is 0.523 e. The van der Waals surface area contributed by atoms with Crippen molar-refractivity contribution >= 4 is 10.1 Å². The highest BCUT2D eigenvalue weighted by Crippen LogP contribution is 2.31. The first-order chi connectivity index (χ1) is 6.72. The molecule has 0 aliphatic carbocycles. The summed E-state index contributed by atoms with van der Waals surface area (Å²) in [6.07, 6.45) is 0. The predicted octanol–water partition coefficient (Wildman–Crippen LogP) is 0.839. The Labute approximate surface area is 83.3 Å². The van der Waals surface area contributed by atoms with Gasteiger partial charge < -0.3 is 4.74 Å². The van der Waals surface area contributed by atoms with Gasteiger partial charge in [-0.2, -0.15) is 21.6 Å². The summed E-state index contributed by atoms with van der Waals surface area (Å²) in [5.41, 5.74) is -6.73. The van der Waals surface area contributed by atoms with Gasteiger partial charge in [0.15, 0.2) is 0 Å². The minimum atomic E-state index is -5.64. The van der Waals surface area contributed by atoms with E-state index in [1.807, 2.05) is 0 Å². The predicted molar refractivity (Wildman–Crippen MR) is 40.2 cm³/mol. The third-order valence-corrected chi connectivity index (χ3v) is 2.90. The van der Waals surface area contributed by atoms with Gasteiger partial charge in [0.25, 0.3) is 0 Å². The van der Waals surface area contributed by atoms with Gasteiger partial charge in [-0.15, -0.1) is 0 Å².